The lowest BCUT2D eigenvalue weighted by atomic mass is 9.85. The molecule has 1 saturated carbocycles. The van der Waals surface area contributed by atoms with E-state index in [2.05, 4.69) is 71.3 Å². The summed E-state index contributed by atoms with van der Waals surface area (Å²) in [6.45, 7) is 4.40. The molecule has 3 aliphatic rings. The lowest BCUT2D eigenvalue weighted by Crippen LogP contribution is -2.50. The van der Waals surface area contributed by atoms with Crippen molar-refractivity contribution in [3.63, 3.8) is 0 Å². The summed E-state index contributed by atoms with van der Waals surface area (Å²) in [7, 11) is 0. The zero-order valence-electron chi connectivity index (χ0n) is 21.2. The van der Waals surface area contributed by atoms with Gasteiger partial charge in [0, 0.05) is 25.6 Å². The number of benzene rings is 2. The summed E-state index contributed by atoms with van der Waals surface area (Å²) in [5.74, 6) is 1.29. The molecule has 2 amide bonds. The molecule has 2 heterocycles. The van der Waals surface area contributed by atoms with Gasteiger partial charge in [0.15, 0.2) is 0 Å². The van der Waals surface area contributed by atoms with Gasteiger partial charge in [0.25, 0.3) is 0 Å². The second-order valence-corrected chi connectivity index (χ2v) is 11.1. The molecular weight excluding hydrogens is 432 g/mol. The summed E-state index contributed by atoms with van der Waals surface area (Å²) in [6, 6.07) is 19.4. The highest BCUT2D eigenvalue weighted by molar-refractivity contribution is 5.83. The van der Waals surface area contributed by atoms with E-state index >= 15 is 0 Å². The van der Waals surface area contributed by atoms with Gasteiger partial charge in [-0.1, -0.05) is 73.0 Å². The Kier molecular flexibility index (Phi) is 7.55. The van der Waals surface area contributed by atoms with Crippen molar-refractivity contribution in [3.8, 4) is 0 Å². The Balaban J connectivity index is 1.24. The molecule has 0 spiro atoms. The first-order valence-electron chi connectivity index (χ1n) is 13.8. The minimum Gasteiger partial charge on any atom is -0.342 e. The Morgan fingerprint density at radius 1 is 0.800 bits per heavy atom. The van der Waals surface area contributed by atoms with E-state index in [9.17, 15) is 9.59 Å². The Bertz CT molecular complexity index is 1010. The normalized spacial score (nSPS) is 24.0. The van der Waals surface area contributed by atoms with Crippen LogP contribution >= 0.6 is 0 Å². The van der Waals surface area contributed by atoms with Gasteiger partial charge < -0.3 is 9.80 Å². The van der Waals surface area contributed by atoms with Crippen molar-refractivity contribution in [2.45, 2.75) is 70.8 Å². The molecule has 3 fully saturated rings. The van der Waals surface area contributed by atoms with E-state index in [1.165, 1.54) is 16.7 Å². The average molecular weight is 473 g/mol. The van der Waals surface area contributed by atoms with Crippen LogP contribution in [0.2, 0.25) is 0 Å². The van der Waals surface area contributed by atoms with Crippen molar-refractivity contribution in [2.24, 2.45) is 17.8 Å². The van der Waals surface area contributed by atoms with Gasteiger partial charge in [-0.2, -0.15) is 0 Å². The number of likely N-dealkylation sites (tertiary alicyclic amines) is 2. The maximum absolute atomic E-state index is 13.6. The molecule has 2 saturated heterocycles. The number of aryl methyl sites for hydroxylation is 1. The first-order valence-corrected chi connectivity index (χ1v) is 13.8. The molecule has 0 aromatic heterocycles. The SMILES string of the molecule is Cc1cccc(C2CCC(C(=O)N3CCC(Cc4ccccc4)CC3)CN2C(=O)C2CCCC2)c1. The summed E-state index contributed by atoms with van der Waals surface area (Å²) >= 11 is 0. The summed E-state index contributed by atoms with van der Waals surface area (Å²) in [5.41, 5.74) is 3.85. The third kappa shape index (κ3) is 5.63. The van der Waals surface area contributed by atoms with Crippen molar-refractivity contribution in [3.05, 3.63) is 71.3 Å². The Hall–Kier alpha value is -2.62. The number of rotatable bonds is 5. The first-order chi connectivity index (χ1) is 17.1. The lowest BCUT2D eigenvalue weighted by Gasteiger charge is -2.43. The number of carbonyl (C=O) groups excluding carboxylic acids is 2. The highest BCUT2D eigenvalue weighted by atomic mass is 16.2. The molecule has 1 aliphatic carbocycles. The van der Waals surface area contributed by atoms with Crippen molar-refractivity contribution >= 4 is 11.8 Å². The molecule has 2 aliphatic heterocycles. The summed E-state index contributed by atoms with van der Waals surface area (Å²) in [5, 5.41) is 0. The van der Waals surface area contributed by atoms with Crippen LogP contribution in [-0.4, -0.2) is 41.2 Å². The highest BCUT2D eigenvalue weighted by Gasteiger charge is 2.40. The van der Waals surface area contributed by atoms with Gasteiger partial charge in [0.1, 0.15) is 0 Å². The van der Waals surface area contributed by atoms with Gasteiger partial charge in [-0.15, -0.1) is 0 Å². The maximum Gasteiger partial charge on any atom is 0.227 e. The van der Waals surface area contributed by atoms with Gasteiger partial charge in [-0.05, 0) is 68.9 Å². The van der Waals surface area contributed by atoms with Crippen LogP contribution in [0, 0.1) is 24.7 Å². The summed E-state index contributed by atoms with van der Waals surface area (Å²) in [4.78, 5) is 31.4. The van der Waals surface area contributed by atoms with Gasteiger partial charge in [0.2, 0.25) is 11.8 Å². The Morgan fingerprint density at radius 3 is 2.26 bits per heavy atom. The molecule has 2 aromatic carbocycles. The number of hydrogen-bond donors (Lipinski definition) is 0. The van der Waals surface area contributed by atoms with E-state index in [0.29, 0.717) is 12.5 Å². The largest absolute Gasteiger partial charge is 0.342 e. The summed E-state index contributed by atoms with van der Waals surface area (Å²) in [6.07, 6.45) is 9.31. The van der Waals surface area contributed by atoms with Crippen molar-refractivity contribution in [1.29, 1.82) is 0 Å². The molecule has 186 valence electrons. The fraction of sp³-hybridized carbons (Fsp3) is 0.548. The number of hydrogen-bond acceptors (Lipinski definition) is 2. The molecule has 4 nitrogen and oxygen atoms in total. The zero-order chi connectivity index (χ0) is 24.2. The third-order valence-corrected chi connectivity index (χ3v) is 8.64. The van der Waals surface area contributed by atoms with Crippen LogP contribution in [0.1, 0.15) is 74.1 Å². The first kappa shape index (κ1) is 24.1. The number of amides is 2. The molecule has 2 atom stereocenters. The molecule has 2 aromatic rings. The summed E-state index contributed by atoms with van der Waals surface area (Å²) < 4.78 is 0. The van der Waals surface area contributed by atoms with Crippen LogP contribution in [0.4, 0.5) is 0 Å². The lowest BCUT2D eigenvalue weighted by molar-refractivity contribution is -0.146. The fourth-order valence-electron chi connectivity index (χ4n) is 6.61. The van der Waals surface area contributed by atoms with Crippen molar-refractivity contribution < 1.29 is 9.59 Å². The molecule has 2 unspecified atom stereocenters. The predicted octanol–water partition coefficient (Wildman–Crippen LogP) is 5.95. The highest BCUT2D eigenvalue weighted by Crippen LogP contribution is 2.38. The van der Waals surface area contributed by atoms with E-state index in [0.717, 1.165) is 70.9 Å². The number of nitrogens with zero attached hydrogens (tertiary/aromatic N) is 2. The predicted molar refractivity (Wildman–Crippen MR) is 140 cm³/mol. The van der Waals surface area contributed by atoms with Crippen molar-refractivity contribution in [2.75, 3.05) is 19.6 Å². The van der Waals surface area contributed by atoms with E-state index in [4.69, 9.17) is 0 Å². The zero-order valence-corrected chi connectivity index (χ0v) is 21.2. The maximum atomic E-state index is 13.6. The number of carbonyl (C=O) groups is 2. The van der Waals surface area contributed by atoms with Crippen LogP contribution < -0.4 is 0 Å². The van der Waals surface area contributed by atoms with Gasteiger partial charge in [0.05, 0.1) is 12.0 Å². The van der Waals surface area contributed by atoms with E-state index in [1.54, 1.807) is 0 Å². The quantitative estimate of drug-likeness (QED) is 0.540. The molecule has 0 N–H and O–H groups in total. The van der Waals surface area contributed by atoms with Crippen LogP contribution in [0.5, 0.6) is 0 Å². The molecule has 0 radical (unpaired) electrons. The minimum atomic E-state index is -0.0629. The Labute approximate surface area is 210 Å². The molecule has 4 heteroatoms. The molecule has 5 rings (SSSR count). The van der Waals surface area contributed by atoms with Gasteiger partial charge in [-0.25, -0.2) is 0 Å². The van der Waals surface area contributed by atoms with Gasteiger partial charge >= 0.3 is 0 Å². The minimum absolute atomic E-state index is 0.0629. The average Bonchev–Trinajstić information content (AvgIpc) is 3.44. The molecule has 0 bridgehead atoms. The van der Waals surface area contributed by atoms with E-state index in [-0.39, 0.29) is 29.7 Å². The molecular formula is C31H40N2O2. The fourth-order valence-corrected chi connectivity index (χ4v) is 6.61. The smallest absolute Gasteiger partial charge is 0.227 e. The standard InChI is InChI=1S/C31H40N2O2/c1-23-8-7-13-27(20-23)29-15-14-28(22-33(29)31(35)26-11-5-6-12-26)30(34)32-18-16-25(17-19-32)21-24-9-3-2-4-10-24/h2-4,7-10,13,20,25-26,28-29H,5-6,11-12,14-19,21-22H2,1H3. The number of piperidine rings is 2. The Morgan fingerprint density at radius 2 is 1.54 bits per heavy atom. The van der Waals surface area contributed by atoms with E-state index in [1.807, 2.05) is 0 Å². The third-order valence-electron chi connectivity index (χ3n) is 8.64. The second kappa shape index (κ2) is 11.0. The topological polar surface area (TPSA) is 40.6 Å². The second-order valence-electron chi connectivity index (χ2n) is 11.1. The van der Waals surface area contributed by atoms with Crippen LogP contribution in [0.15, 0.2) is 54.6 Å². The van der Waals surface area contributed by atoms with Crippen LogP contribution in [0.25, 0.3) is 0 Å². The van der Waals surface area contributed by atoms with Gasteiger partial charge in [-0.3, -0.25) is 9.59 Å². The van der Waals surface area contributed by atoms with Crippen molar-refractivity contribution in [1.82, 2.24) is 9.80 Å². The molecule has 35 heavy (non-hydrogen) atoms. The van der Waals surface area contributed by atoms with E-state index < -0.39 is 0 Å². The monoisotopic (exact) mass is 472 g/mol. The van der Waals surface area contributed by atoms with Crippen LogP contribution in [0.3, 0.4) is 0 Å². The van der Waals surface area contributed by atoms with Crippen LogP contribution in [-0.2, 0) is 16.0 Å².